The van der Waals surface area contributed by atoms with E-state index in [1.54, 1.807) is 18.2 Å². The third kappa shape index (κ3) is 2.37. The summed E-state index contributed by atoms with van der Waals surface area (Å²) in [5.41, 5.74) is 2.69. The van der Waals surface area contributed by atoms with E-state index in [1.165, 1.54) is 24.4 Å². The monoisotopic (exact) mass is 284 g/mol. The van der Waals surface area contributed by atoms with Gasteiger partial charge in [0.2, 0.25) is 0 Å². The average Bonchev–Trinajstić information content (AvgIpc) is 2.47. The molecule has 0 bridgehead atoms. The summed E-state index contributed by atoms with van der Waals surface area (Å²) in [6.07, 6.45) is 1.45. The first-order chi connectivity index (χ1) is 10.1. The standard InChI is InChI=1S/C17H14F2N2/c1-10(2)14-9-15(19)13-6-7-20-21-17(13)16(14)11-4-3-5-12(18)8-11/h3-10H,1-2H3. The molecule has 2 nitrogen and oxygen atoms in total. The quantitative estimate of drug-likeness (QED) is 0.681. The van der Waals surface area contributed by atoms with Gasteiger partial charge in [0, 0.05) is 10.9 Å². The van der Waals surface area contributed by atoms with Crippen LogP contribution in [0.5, 0.6) is 0 Å². The second kappa shape index (κ2) is 5.20. The molecule has 21 heavy (non-hydrogen) atoms. The summed E-state index contributed by atoms with van der Waals surface area (Å²) in [7, 11) is 0. The fraction of sp³-hybridized carbons (Fsp3) is 0.176. The molecule has 4 heteroatoms. The summed E-state index contributed by atoms with van der Waals surface area (Å²) >= 11 is 0. The van der Waals surface area contributed by atoms with E-state index in [0.29, 0.717) is 16.5 Å². The Balaban J connectivity index is 2.43. The van der Waals surface area contributed by atoms with Crippen molar-refractivity contribution in [2.75, 3.05) is 0 Å². The molecule has 1 heterocycles. The molecular weight excluding hydrogens is 270 g/mol. The van der Waals surface area contributed by atoms with Gasteiger partial charge in [-0.05, 0) is 41.3 Å². The van der Waals surface area contributed by atoms with Gasteiger partial charge >= 0.3 is 0 Å². The highest BCUT2D eigenvalue weighted by molar-refractivity contribution is 5.95. The van der Waals surface area contributed by atoms with Crippen LogP contribution in [0.25, 0.3) is 22.0 Å². The van der Waals surface area contributed by atoms with Crippen molar-refractivity contribution in [2.24, 2.45) is 0 Å². The van der Waals surface area contributed by atoms with Crippen LogP contribution in [0.15, 0.2) is 42.6 Å². The number of halogens is 2. The summed E-state index contributed by atoms with van der Waals surface area (Å²) in [6, 6.07) is 9.36. The van der Waals surface area contributed by atoms with Crippen LogP contribution in [0, 0.1) is 11.6 Å². The van der Waals surface area contributed by atoms with Crippen LogP contribution in [0.4, 0.5) is 8.78 Å². The van der Waals surface area contributed by atoms with E-state index >= 15 is 0 Å². The molecule has 0 aliphatic carbocycles. The van der Waals surface area contributed by atoms with Gasteiger partial charge in [-0.1, -0.05) is 26.0 Å². The number of hydrogen-bond acceptors (Lipinski definition) is 2. The minimum Gasteiger partial charge on any atom is -0.207 e. The molecule has 3 rings (SSSR count). The van der Waals surface area contributed by atoms with E-state index in [0.717, 1.165) is 11.1 Å². The zero-order chi connectivity index (χ0) is 15.0. The van der Waals surface area contributed by atoms with Crippen molar-refractivity contribution >= 4 is 10.9 Å². The Morgan fingerprint density at radius 3 is 2.57 bits per heavy atom. The topological polar surface area (TPSA) is 25.8 Å². The second-order valence-corrected chi connectivity index (χ2v) is 5.28. The molecule has 0 saturated heterocycles. The molecule has 0 atom stereocenters. The number of rotatable bonds is 2. The first-order valence-electron chi connectivity index (χ1n) is 6.77. The maximum Gasteiger partial charge on any atom is 0.133 e. The Kier molecular flexibility index (Phi) is 3.37. The molecule has 0 unspecified atom stereocenters. The fourth-order valence-corrected chi connectivity index (χ4v) is 2.54. The van der Waals surface area contributed by atoms with E-state index in [-0.39, 0.29) is 17.6 Å². The van der Waals surface area contributed by atoms with Crippen LogP contribution in [0.1, 0.15) is 25.3 Å². The van der Waals surface area contributed by atoms with Gasteiger partial charge in [-0.2, -0.15) is 5.10 Å². The lowest BCUT2D eigenvalue weighted by Gasteiger charge is -2.16. The van der Waals surface area contributed by atoms with Gasteiger partial charge in [-0.15, -0.1) is 5.10 Å². The Bertz CT molecular complexity index is 813. The van der Waals surface area contributed by atoms with Gasteiger partial charge in [0.1, 0.15) is 17.2 Å². The van der Waals surface area contributed by atoms with Gasteiger partial charge in [-0.25, -0.2) is 8.78 Å². The van der Waals surface area contributed by atoms with Crippen molar-refractivity contribution in [3.05, 3.63) is 59.8 Å². The van der Waals surface area contributed by atoms with E-state index in [2.05, 4.69) is 10.2 Å². The number of nitrogens with zero attached hydrogens (tertiary/aromatic N) is 2. The highest BCUT2D eigenvalue weighted by Crippen LogP contribution is 2.36. The number of benzene rings is 2. The zero-order valence-corrected chi connectivity index (χ0v) is 11.8. The summed E-state index contributed by atoms with van der Waals surface area (Å²) in [4.78, 5) is 0. The number of hydrogen-bond donors (Lipinski definition) is 0. The molecule has 0 fully saturated rings. The van der Waals surface area contributed by atoms with Gasteiger partial charge in [0.25, 0.3) is 0 Å². The third-order valence-corrected chi connectivity index (χ3v) is 3.52. The average molecular weight is 284 g/mol. The lowest BCUT2D eigenvalue weighted by molar-refractivity contribution is 0.628. The molecule has 2 aromatic carbocycles. The van der Waals surface area contributed by atoms with E-state index in [9.17, 15) is 8.78 Å². The van der Waals surface area contributed by atoms with Crippen LogP contribution in [0.2, 0.25) is 0 Å². The Morgan fingerprint density at radius 1 is 1.05 bits per heavy atom. The van der Waals surface area contributed by atoms with Crippen LogP contribution < -0.4 is 0 Å². The van der Waals surface area contributed by atoms with Crippen molar-refractivity contribution < 1.29 is 8.78 Å². The van der Waals surface area contributed by atoms with Gasteiger partial charge in [-0.3, -0.25) is 0 Å². The van der Waals surface area contributed by atoms with Crippen molar-refractivity contribution in [1.82, 2.24) is 10.2 Å². The van der Waals surface area contributed by atoms with Crippen molar-refractivity contribution in [2.45, 2.75) is 19.8 Å². The smallest absolute Gasteiger partial charge is 0.133 e. The Morgan fingerprint density at radius 2 is 1.86 bits per heavy atom. The molecule has 0 aliphatic rings. The maximum atomic E-state index is 14.2. The summed E-state index contributed by atoms with van der Waals surface area (Å²) in [5, 5.41) is 8.33. The normalized spacial score (nSPS) is 11.3. The van der Waals surface area contributed by atoms with E-state index in [1.807, 2.05) is 13.8 Å². The van der Waals surface area contributed by atoms with Crippen molar-refractivity contribution in [1.29, 1.82) is 0 Å². The van der Waals surface area contributed by atoms with Gasteiger partial charge in [0.15, 0.2) is 0 Å². The Labute approximate surface area is 121 Å². The van der Waals surface area contributed by atoms with E-state index in [4.69, 9.17) is 0 Å². The first-order valence-corrected chi connectivity index (χ1v) is 6.77. The molecule has 0 aliphatic heterocycles. The number of aromatic nitrogens is 2. The highest BCUT2D eigenvalue weighted by Gasteiger charge is 2.17. The first kappa shape index (κ1) is 13.6. The molecule has 3 aromatic rings. The van der Waals surface area contributed by atoms with Gasteiger partial charge < -0.3 is 0 Å². The molecule has 0 spiro atoms. The van der Waals surface area contributed by atoms with Gasteiger partial charge in [0.05, 0.1) is 6.20 Å². The third-order valence-electron chi connectivity index (χ3n) is 3.52. The summed E-state index contributed by atoms with van der Waals surface area (Å²) < 4.78 is 27.8. The van der Waals surface area contributed by atoms with Crippen molar-refractivity contribution in [3.63, 3.8) is 0 Å². The Hall–Kier alpha value is -2.36. The SMILES string of the molecule is CC(C)c1cc(F)c2ccnnc2c1-c1cccc(F)c1. The number of fused-ring (bicyclic) bond motifs is 1. The van der Waals surface area contributed by atoms with Crippen molar-refractivity contribution in [3.8, 4) is 11.1 Å². The van der Waals surface area contributed by atoms with Crippen LogP contribution in [-0.4, -0.2) is 10.2 Å². The van der Waals surface area contributed by atoms with Crippen LogP contribution in [0.3, 0.4) is 0 Å². The second-order valence-electron chi connectivity index (χ2n) is 5.28. The van der Waals surface area contributed by atoms with E-state index < -0.39 is 0 Å². The minimum atomic E-state index is -0.330. The molecule has 0 saturated carbocycles. The largest absolute Gasteiger partial charge is 0.207 e. The van der Waals surface area contributed by atoms with Crippen LogP contribution >= 0.6 is 0 Å². The molecule has 0 N–H and O–H groups in total. The highest BCUT2D eigenvalue weighted by atomic mass is 19.1. The lowest BCUT2D eigenvalue weighted by Crippen LogP contribution is -1.99. The molecule has 0 radical (unpaired) electrons. The molecule has 106 valence electrons. The maximum absolute atomic E-state index is 14.2. The predicted octanol–water partition coefficient (Wildman–Crippen LogP) is 4.70. The predicted molar refractivity (Wildman–Crippen MR) is 79.0 cm³/mol. The van der Waals surface area contributed by atoms with Crippen LogP contribution in [-0.2, 0) is 0 Å². The minimum absolute atomic E-state index is 0.0872. The molecule has 1 aromatic heterocycles. The molecular formula is C17H14F2N2. The lowest BCUT2D eigenvalue weighted by atomic mass is 9.90. The summed E-state index contributed by atoms with van der Waals surface area (Å²) in [6.45, 7) is 3.94. The molecule has 0 amide bonds. The zero-order valence-electron chi connectivity index (χ0n) is 11.8. The fourth-order valence-electron chi connectivity index (χ4n) is 2.54. The summed E-state index contributed by atoms with van der Waals surface area (Å²) in [5.74, 6) is -0.573.